The molecule has 0 saturated heterocycles. The van der Waals surface area contributed by atoms with Gasteiger partial charge in [-0.25, -0.2) is 8.42 Å². The molecule has 7 nitrogen and oxygen atoms in total. The molecule has 0 aromatic heterocycles. The van der Waals surface area contributed by atoms with E-state index in [2.05, 4.69) is 15.4 Å². The van der Waals surface area contributed by atoms with Crippen LogP contribution in [0.2, 0.25) is 0 Å². The fraction of sp³-hybridized carbons (Fsp3) is 0.391. The van der Waals surface area contributed by atoms with Crippen molar-refractivity contribution in [1.29, 1.82) is 0 Å². The van der Waals surface area contributed by atoms with Crippen LogP contribution in [0.5, 0.6) is 0 Å². The lowest BCUT2D eigenvalue weighted by Crippen LogP contribution is -2.44. The van der Waals surface area contributed by atoms with Crippen LogP contribution >= 0.6 is 0 Å². The van der Waals surface area contributed by atoms with Crippen molar-refractivity contribution in [3.8, 4) is 0 Å². The summed E-state index contributed by atoms with van der Waals surface area (Å²) in [6.45, 7) is 5.82. The monoisotopic (exact) mass is 443 g/mol. The second-order valence-corrected chi connectivity index (χ2v) is 10.1. The first-order chi connectivity index (χ1) is 14.6. The van der Waals surface area contributed by atoms with Gasteiger partial charge < -0.3 is 10.6 Å². The van der Waals surface area contributed by atoms with E-state index in [1.165, 1.54) is 6.07 Å². The lowest BCUT2D eigenvalue weighted by molar-refractivity contribution is -0.118. The predicted octanol–water partition coefficient (Wildman–Crippen LogP) is 3.60. The van der Waals surface area contributed by atoms with Crippen LogP contribution in [0, 0.1) is 12.8 Å². The van der Waals surface area contributed by atoms with Gasteiger partial charge in [-0.1, -0.05) is 31.5 Å². The van der Waals surface area contributed by atoms with E-state index in [0.717, 1.165) is 11.1 Å². The Morgan fingerprint density at radius 3 is 2.48 bits per heavy atom. The van der Waals surface area contributed by atoms with E-state index in [4.69, 9.17) is 0 Å². The second-order valence-electron chi connectivity index (χ2n) is 8.38. The average molecular weight is 444 g/mol. The van der Waals surface area contributed by atoms with Gasteiger partial charge in [0.1, 0.15) is 6.04 Å². The van der Waals surface area contributed by atoms with Crippen LogP contribution in [0.4, 0.5) is 11.4 Å². The number of carbonyl (C=O) groups is 2. The van der Waals surface area contributed by atoms with Crippen molar-refractivity contribution in [3.05, 3.63) is 53.6 Å². The van der Waals surface area contributed by atoms with Crippen LogP contribution in [0.3, 0.4) is 0 Å². The van der Waals surface area contributed by atoms with Crippen LogP contribution in [-0.2, 0) is 26.0 Å². The summed E-state index contributed by atoms with van der Waals surface area (Å²) in [5.41, 5.74) is 3.09. The highest BCUT2D eigenvalue weighted by molar-refractivity contribution is 7.89. The van der Waals surface area contributed by atoms with Crippen molar-refractivity contribution < 1.29 is 18.0 Å². The minimum absolute atomic E-state index is 0.0720. The summed E-state index contributed by atoms with van der Waals surface area (Å²) in [5.74, 6) is -0.362. The molecule has 31 heavy (non-hydrogen) atoms. The molecule has 0 spiro atoms. The first-order valence-corrected chi connectivity index (χ1v) is 11.9. The third kappa shape index (κ3) is 6.15. The normalized spacial score (nSPS) is 15.0. The molecule has 3 rings (SSSR count). The molecule has 0 radical (unpaired) electrons. The topological polar surface area (TPSA) is 104 Å². The molecule has 0 fully saturated rings. The van der Waals surface area contributed by atoms with Crippen LogP contribution < -0.4 is 15.4 Å². The highest BCUT2D eigenvalue weighted by atomic mass is 32.2. The van der Waals surface area contributed by atoms with Crippen LogP contribution in [0.1, 0.15) is 44.2 Å². The molecule has 1 unspecified atom stereocenters. The van der Waals surface area contributed by atoms with Gasteiger partial charge in [-0.05, 0) is 68.0 Å². The molecule has 1 heterocycles. The molecule has 166 valence electrons. The van der Waals surface area contributed by atoms with Crippen LogP contribution in [-0.4, -0.2) is 26.3 Å². The first-order valence-electron chi connectivity index (χ1n) is 10.5. The third-order valence-corrected chi connectivity index (χ3v) is 6.62. The lowest BCUT2D eigenvalue weighted by atomic mass is 10.0. The molecule has 3 N–H and O–H groups in total. The first kappa shape index (κ1) is 23.0. The molecule has 2 amide bonds. The van der Waals surface area contributed by atoms with Gasteiger partial charge in [0.15, 0.2) is 0 Å². The quantitative estimate of drug-likeness (QED) is 0.608. The number of nitrogens with one attached hydrogen (secondary N) is 3. The number of aryl methyl sites for hydroxylation is 2. The standard InChI is InChI=1S/C23H29N3O4S/c1-15(2)13-21(23(28)24-18-9-7-16(3)8-10-18)26-31(29,30)19-11-12-20-17(14-19)5-4-6-22(27)25-20/h7-12,14-15,21,26H,4-6,13H2,1-3H3,(H,24,28)(H,25,27). The van der Waals surface area contributed by atoms with Crippen LogP contribution in [0.25, 0.3) is 0 Å². The van der Waals surface area contributed by atoms with Gasteiger partial charge in [-0.15, -0.1) is 0 Å². The van der Waals surface area contributed by atoms with E-state index >= 15 is 0 Å². The lowest BCUT2D eigenvalue weighted by Gasteiger charge is -2.21. The summed E-state index contributed by atoms with van der Waals surface area (Å²) in [6, 6.07) is 11.1. The molecule has 2 aromatic carbocycles. The van der Waals surface area contributed by atoms with Gasteiger partial charge in [0.05, 0.1) is 4.90 Å². The van der Waals surface area contributed by atoms with Crippen molar-refractivity contribution in [3.63, 3.8) is 0 Å². The Hall–Kier alpha value is -2.71. The number of anilines is 2. The molecule has 1 atom stereocenters. The zero-order valence-electron chi connectivity index (χ0n) is 18.1. The molecule has 8 heteroatoms. The maximum absolute atomic E-state index is 13.1. The van der Waals surface area contributed by atoms with E-state index in [0.29, 0.717) is 37.1 Å². The van der Waals surface area contributed by atoms with E-state index in [1.807, 2.05) is 32.9 Å². The summed E-state index contributed by atoms with van der Waals surface area (Å²) < 4.78 is 28.7. The number of fused-ring (bicyclic) bond motifs is 1. The number of benzene rings is 2. The van der Waals surface area contributed by atoms with Gasteiger partial charge >= 0.3 is 0 Å². The summed E-state index contributed by atoms with van der Waals surface area (Å²) in [6.07, 6.45) is 2.04. The Bertz CT molecular complexity index is 1060. The Kier molecular flexibility index (Phi) is 7.12. The Labute approximate surface area is 183 Å². The molecule has 1 aliphatic rings. The fourth-order valence-corrected chi connectivity index (χ4v) is 4.78. The van der Waals surface area contributed by atoms with Crippen molar-refractivity contribution in [2.75, 3.05) is 10.6 Å². The maximum atomic E-state index is 13.1. The van der Waals surface area contributed by atoms with E-state index in [1.54, 1.807) is 24.3 Å². The molecule has 1 aliphatic heterocycles. The SMILES string of the molecule is Cc1ccc(NC(=O)C(CC(C)C)NS(=O)(=O)c2ccc3c(c2)CCCC(=O)N3)cc1. The molecular weight excluding hydrogens is 414 g/mol. The van der Waals surface area contributed by atoms with Gasteiger partial charge in [-0.2, -0.15) is 4.72 Å². The summed E-state index contributed by atoms with van der Waals surface area (Å²) >= 11 is 0. The molecule has 0 bridgehead atoms. The van der Waals surface area contributed by atoms with Gasteiger partial charge in [0, 0.05) is 17.8 Å². The zero-order valence-corrected chi connectivity index (χ0v) is 18.9. The third-order valence-electron chi connectivity index (χ3n) is 5.15. The summed E-state index contributed by atoms with van der Waals surface area (Å²) in [5, 5.41) is 5.60. The molecule has 0 saturated carbocycles. The van der Waals surface area contributed by atoms with E-state index in [9.17, 15) is 18.0 Å². The molecule has 2 aromatic rings. The van der Waals surface area contributed by atoms with Gasteiger partial charge in [0.2, 0.25) is 21.8 Å². The van der Waals surface area contributed by atoms with Crippen molar-refractivity contribution in [1.82, 2.24) is 4.72 Å². The zero-order chi connectivity index (χ0) is 22.6. The number of sulfonamides is 1. The number of hydrogen-bond acceptors (Lipinski definition) is 4. The molecule has 0 aliphatic carbocycles. The number of hydrogen-bond donors (Lipinski definition) is 3. The Morgan fingerprint density at radius 2 is 1.81 bits per heavy atom. The van der Waals surface area contributed by atoms with Crippen molar-refractivity contribution in [2.24, 2.45) is 5.92 Å². The highest BCUT2D eigenvalue weighted by Crippen LogP contribution is 2.25. The average Bonchev–Trinajstić information content (AvgIpc) is 2.88. The van der Waals surface area contributed by atoms with Crippen LogP contribution in [0.15, 0.2) is 47.4 Å². The largest absolute Gasteiger partial charge is 0.326 e. The smallest absolute Gasteiger partial charge is 0.242 e. The minimum Gasteiger partial charge on any atom is -0.326 e. The number of carbonyl (C=O) groups excluding carboxylic acids is 2. The van der Waals surface area contributed by atoms with E-state index in [-0.39, 0.29) is 16.7 Å². The fourth-order valence-electron chi connectivity index (χ4n) is 3.52. The van der Waals surface area contributed by atoms with Gasteiger partial charge in [-0.3, -0.25) is 9.59 Å². The van der Waals surface area contributed by atoms with Crippen molar-refractivity contribution >= 4 is 33.2 Å². The summed E-state index contributed by atoms with van der Waals surface area (Å²) in [4.78, 5) is 24.7. The predicted molar refractivity (Wildman–Crippen MR) is 121 cm³/mol. The number of amides is 2. The highest BCUT2D eigenvalue weighted by Gasteiger charge is 2.27. The molecular formula is C23H29N3O4S. The number of rotatable bonds is 7. The van der Waals surface area contributed by atoms with E-state index < -0.39 is 22.0 Å². The summed E-state index contributed by atoms with van der Waals surface area (Å²) in [7, 11) is -3.93. The second kappa shape index (κ2) is 9.62. The van der Waals surface area contributed by atoms with Gasteiger partial charge in [0.25, 0.3) is 0 Å². The van der Waals surface area contributed by atoms with Crippen molar-refractivity contribution in [2.45, 2.75) is 57.4 Å². The Morgan fingerprint density at radius 1 is 1.10 bits per heavy atom. The Balaban J connectivity index is 1.81. The minimum atomic E-state index is -3.93. The maximum Gasteiger partial charge on any atom is 0.242 e.